The molecule has 0 saturated heterocycles. The average Bonchev–Trinajstić information content (AvgIpc) is 2.62. The van der Waals surface area contributed by atoms with E-state index in [0.717, 1.165) is 49.6 Å². The first kappa shape index (κ1) is 19.8. The largest absolute Gasteiger partial charge is 0.416 e. The molecule has 27 heavy (non-hydrogen) atoms. The van der Waals surface area contributed by atoms with Gasteiger partial charge in [-0.25, -0.2) is 0 Å². The maximum atomic E-state index is 12.8. The minimum Gasteiger partial charge on any atom is -0.336 e. The van der Waals surface area contributed by atoms with Gasteiger partial charge in [-0.05, 0) is 38.0 Å². The molecular weight excluding hydrogens is 377 g/mol. The maximum absolute atomic E-state index is 12.8. The van der Waals surface area contributed by atoms with Gasteiger partial charge in [0.05, 0.1) is 16.2 Å². The molecule has 0 bridgehead atoms. The van der Waals surface area contributed by atoms with Crippen LogP contribution in [0.25, 0.3) is 0 Å². The fourth-order valence-electron chi connectivity index (χ4n) is 3.52. The molecule has 1 aromatic carbocycles. The Hall–Kier alpha value is -1.96. The third-order valence-electron chi connectivity index (χ3n) is 4.89. The minimum absolute atomic E-state index is 0.115. The van der Waals surface area contributed by atoms with Crippen molar-refractivity contribution >= 4 is 29.3 Å². The van der Waals surface area contributed by atoms with Crippen molar-refractivity contribution in [3.8, 4) is 0 Å². The molecule has 1 aliphatic carbocycles. The summed E-state index contributed by atoms with van der Waals surface area (Å²) < 4.78 is 38.5. The van der Waals surface area contributed by atoms with Gasteiger partial charge in [0.1, 0.15) is 0 Å². The van der Waals surface area contributed by atoms with Gasteiger partial charge in [0.15, 0.2) is 0 Å². The van der Waals surface area contributed by atoms with Crippen LogP contribution in [0.4, 0.5) is 18.9 Å². The van der Waals surface area contributed by atoms with Gasteiger partial charge >= 0.3 is 6.18 Å². The molecule has 0 atom stereocenters. The zero-order valence-electron chi connectivity index (χ0n) is 14.9. The number of amides is 2. The number of carbonyl (C=O) groups excluding carboxylic acids is 2. The number of hydrogen-bond donors (Lipinski definition) is 1. The van der Waals surface area contributed by atoms with Gasteiger partial charge in [-0.1, -0.05) is 31.0 Å². The van der Waals surface area contributed by atoms with E-state index in [9.17, 15) is 22.8 Å². The van der Waals surface area contributed by atoms with Crippen molar-refractivity contribution in [3.05, 3.63) is 34.7 Å². The van der Waals surface area contributed by atoms with Gasteiger partial charge in [-0.2, -0.15) is 13.2 Å². The first-order valence-corrected chi connectivity index (χ1v) is 9.84. The van der Waals surface area contributed by atoms with Gasteiger partial charge in [0, 0.05) is 23.6 Å². The molecule has 0 radical (unpaired) electrons. The van der Waals surface area contributed by atoms with E-state index < -0.39 is 17.6 Å². The highest BCUT2D eigenvalue weighted by Crippen LogP contribution is 2.41. The van der Waals surface area contributed by atoms with Gasteiger partial charge in [-0.15, -0.1) is 0 Å². The molecule has 0 aromatic heterocycles. The standard InChI is InChI=1S/C19H21F3N2O2S/c1-2-24(13-6-4-3-5-7-13)17(25)11-16-18(26)23-14-10-12(19(20,21)22)8-9-15(14)27-16/h8-11,13H,2-7H2,1H3,(H,23,26). The second-order valence-electron chi connectivity index (χ2n) is 6.69. The average molecular weight is 398 g/mol. The molecule has 1 aromatic rings. The number of fused-ring (bicyclic) bond motifs is 1. The van der Waals surface area contributed by atoms with Crippen LogP contribution >= 0.6 is 11.8 Å². The maximum Gasteiger partial charge on any atom is 0.416 e. The van der Waals surface area contributed by atoms with E-state index >= 15 is 0 Å². The fourth-order valence-corrected chi connectivity index (χ4v) is 4.41. The summed E-state index contributed by atoms with van der Waals surface area (Å²) in [4.78, 5) is 27.4. The molecule has 0 unspecified atom stereocenters. The molecule has 0 spiro atoms. The molecule has 8 heteroatoms. The molecule has 1 N–H and O–H groups in total. The van der Waals surface area contributed by atoms with E-state index in [1.807, 2.05) is 6.92 Å². The van der Waals surface area contributed by atoms with Crippen molar-refractivity contribution in [2.24, 2.45) is 0 Å². The number of anilines is 1. The Kier molecular flexibility index (Phi) is 5.83. The highest BCUT2D eigenvalue weighted by atomic mass is 32.2. The van der Waals surface area contributed by atoms with Crippen LogP contribution in [0.2, 0.25) is 0 Å². The van der Waals surface area contributed by atoms with Crippen molar-refractivity contribution in [3.63, 3.8) is 0 Å². The number of carbonyl (C=O) groups is 2. The summed E-state index contributed by atoms with van der Waals surface area (Å²) in [7, 11) is 0. The number of hydrogen-bond acceptors (Lipinski definition) is 3. The van der Waals surface area contributed by atoms with E-state index in [0.29, 0.717) is 11.4 Å². The lowest BCUT2D eigenvalue weighted by Gasteiger charge is -2.33. The Balaban J connectivity index is 1.79. The molecule has 3 rings (SSSR count). The number of rotatable bonds is 3. The first-order valence-electron chi connectivity index (χ1n) is 9.02. The molecule has 2 amide bonds. The van der Waals surface area contributed by atoms with Crippen LogP contribution in [0, 0.1) is 0 Å². The highest BCUT2D eigenvalue weighted by Gasteiger charge is 2.33. The van der Waals surface area contributed by atoms with Crippen molar-refractivity contribution < 1.29 is 22.8 Å². The van der Waals surface area contributed by atoms with Gasteiger partial charge in [-0.3, -0.25) is 9.59 Å². The predicted molar refractivity (Wildman–Crippen MR) is 98.3 cm³/mol. The molecule has 1 saturated carbocycles. The smallest absolute Gasteiger partial charge is 0.336 e. The van der Waals surface area contributed by atoms with Crippen LogP contribution in [-0.2, 0) is 15.8 Å². The Morgan fingerprint density at radius 2 is 2.00 bits per heavy atom. The molecule has 1 fully saturated rings. The number of thioether (sulfide) groups is 1. The van der Waals surface area contributed by atoms with Crippen molar-refractivity contribution in [2.75, 3.05) is 11.9 Å². The van der Waals surface area contributed by atoms with Crippen molar-refractivity contribution in [1.82, 2.24) is 4.90 Å². The Morgan fingerprint density at radius 1 is 1.30 bits per heavy atom. The van der Waals surface area contributed by atoms with Crippen LogP contribution < -0.4 is 5.32 Å². The third-order valence-corrected chi connectivity index (χ3v) is 5.99. The molecule has 4 nitrogen and oxygen atoms in total. The first-order chi connectivity index (χ1) is 12.8. The lowest BCUT2D eigenvalue weighted by atomic mass is 9.94. The molecule has 1 aliphatic heterocycles. The summed E-state index contributed by atoms with van der Waals surface area (Å²) in [5.41, 5.74) is -0.704. The van der Waals surface area contributed by atoms with Crippen LogP contribution in [0.5, 0.6) is 0 Å². The summed E-state index contributed by atoms with van der Waals surface area (Å²) in [6.45, 7) is 2.47. The highest BCUT2D eigenvalue weighted by molar-refractivity contribution is 8.04. The number of nitrogens with one attached hydrogen (secondary N) is 1. The number of likely N-dealkylation sites (N-methyl/N-ethyl adjacent to an activating group) is 1. The third kappa shape index (κ3) is 4.48. The van der Waals surface area contributed by atoms with Gasteiger partial charge < -0.3 is 10.2 Å². The summed E-state index contributed by atoms with van der Waals surface area (Å²) in [5.74, 6) is -0.780. The normalized spacial score (nSPS) is 19.6. The Bertz CT molecular complexity index is 771. The monoisotopic (exact) mass is 398 g/mol. The number of benzene rings is 1. The van der Waals surface area contributed by atoms with E-state index in [2.05, 4.69) is 5.32 Å². The Morgan fingerprint density at radius 3 is 2.63 bits per heavy atom. The summed E-state index contributed by atoms with van der Waals surface area (Å²) in [6.07, 6.45) is 2.12. The van der Waals surface area contributed by atoms with E-state index in [1.165, 1.54) is 18.6 Å². The van der Waals surface area contributed by atoms with Crippen LogP contribution in [-0.4, -0.2) is 29.3 Å². The quantitative estimate of drug-likeness (QED) is 0.743. The lowest BCUT2D eigenvalue weighted by molar-refractivity contribution is -0.137. The van der Waals surface area contributed by atoms with Crippen LogP contribution in [0.1, 0.15) is 44.6 Å². The van der Waals surface area contributed by atoms with Crippen molar-refractivity contribution in [1.29, 1.82) is 0 Å². The SMILES string of the molecule is CCN(C(=O)C=C1Sc2ccc(C(F)(F)F)cc2NC1=O)C1CCCCC1. The van der Waals surface area contributed by atoms with Gasteiger partial charge in [0.2, 0.25) is 5.91 Å². The van der Waals surface area contributed by atoms with Crippen LogP contribution in [0.3, 0.4) is 0 Å². The zero-order chi connectivity index (χ0) is 19.6. The zero-order valence-corrected chi connectivity index (χ0v) is 15.8. The summed E-state index contributed by atoms with van der Waals surface area (Å²) in [6, 6.07) is 3.40. The Labute approximate surface area is 160 Å². The molecule has 2 aliphatic rings. The van der Waals surface area contributed by atoms with Gasteiger partial charge in [0.25, 0.3) is 5.91 Å². The van der Waals surface area contributed by atoms with E-state index in [4.69, 9.17) is 0 Å². The van der Waals surface area contributed by atoms with Crippen LogP contribution in [0.15, 0.2) is 34.1 Å². The van der Waals surface area contributed by atoms with E-state index in [1.54, 1.807) is 4.90 Å². The summed E-state index contributed by atoms with van der Waals surface area (Å²) >= 11 is 1.02. The number of alkyl halides is 3. The molecule has 1 heterocycles. The molecular formula is C19H21F3N2O2S. The fraction of sp³-hybridized carbons (Fsp3) is 0.474. The number of halogens is 3. The molecule has 146 valence electrons. The topological polar surface area (TPSA) is 49.4 Å². The van der Waals surface area contributed by atoms with Crippen molar-refractivity contribution in [2.45, 2.75) is 56.1 Å². The lowest BCUT2D eigenvalue weighted by Crippen LogP contribution is -2.40. The minimum atomic E-state index is -4.47. The second-order valence-corrected chi connectivity index (χ2v) is 7.77. The number of nitrogens with zero attached hydrogens (tertiary/aromatic N) is 1. The predicted octanol–water partition coefficient (Wildman–Crippen LogP) is 4.81. The second kappa shape index (κ2) is 7.96. The summed E-state index contributed by atoms with van der Waals surface area (Å²) in [5, 5.41) is 2.47. The van der Waals surface area contributed by atoms with E-state index in [-0.39, 0.29) is 22.5 Å².